The van der Waals surface area contributed by atoms with Crippen molar-refractivity contribution >= 4 is 5.97 Å². The van der Waals surface area contributed by atoms with Crippen LogP contribution in [0.15, 0.2) is 0 Å². The maximum atomic E-state index is 14.1. The van der Waals surface area contributed by atoms with Crippen LogP contribution in [-0.4, -0.2) is 17.7 Å². The second-order valence-corrected chi connectivity index (χ2v) is 7.16. The van der Waals surface area contributed by atoms with Crippen molar-refractivity contribution in [2.24, 2.45) is 16.7 Å². The van der Waals surface area contributed by atoms with Gasteiger partial charge in [-0.3, -0.25) is 4.79 Å². The Labute approximate surface area is 104 Å². The molecular weight excluding hydrogens is 219 g/mol. The van der Waals surface area contributed by atoms with Gasteiger partial charge in [0.1, 0.15) is 17.2 Å². The first kappa shape index (κ1) is 14.5. The summed E-state index contributed by atoms with van der Waals surface area (Å²) in [4.78, 5) is 12.2. The Morgan fingerprint density at radius 3 is 2.00 bits per heavy atom. The number of alkyl halides is 1. The molecule has 0 spiro atoms. The molecule has 0 amide bonds. The molecule has 0 aromatic carbocycles. The number of carbonyl (C=O) groups is 1. The van der Waals surface area contributed by atoms with E-state index in [4.69, 9.17) is 4.74 Å². The summed E-state index contributed by atoms with van der Waals surface area (Å²) < 4.78 is 19.5. The second-order valence-electron chi connectivity index (χ2n) is 7.16. The highest BCUT2D eigenvalue weighted by molar-refractivity contribution is 5.84. The average Bonchev–Trinajstić information content (AvgIpc) is 2.47. The van der Waals surface area contributed by atoms with Gasteiger partial charge in [-0.2, -0.15) is 0 Å². The number of hydrogen-bond donors (Lipinski definition) is 0. The van der Waals surface area contributed by atoms with E-state index in [1.54, 1.807) is 0 Å². The third-order valence-electron chi connectivity index (χ3n) is 3.63. The monoisotopic (exact) mass is 244 g/mol. The minimum Gasteiger partial charge on any atom is -0.459 e. The fourth-order valence-corrected chi connectivity index (χ4v) is 2.62. The fourth-order valence-electron chi connectivity index (χ4n) is 2.62. The first-order valence-electron chi connectivity index (χ1n) is 6.32. The SMILES string of the molecule is CC(C)CC1(C(=O)OC(C)(C)C)[C@H](F)C1(C)C. The molecule has 2 atom stereocenters. The van der Waals surface area contributed by atoms with Gasteiger partial charge in [0, 0.05) is 5.41 Å². The number of halogens is 1. The molecule has 0 aliphatic heterocycles. The average molecular weight is 244 g/mol. The highest BCUT2D eigenvalue weighted by Crippen LogP contribution is 2.69. The summed E-state index contributed by atoms with van der Waals surface area (Å²) in [6.07, 6.45) is -0.539. The van der Waals surface area contributed by atoms with Gasteiger partial charge in [-0.25, -0.2) is 4.39 Å². The molecule has 0 bridgehead atoms. The number of rotatable bonds is 3. The molecule has 100 valence electrons. The summed E-state index contributed by atoms with van der Waals surface area (Å²) in [5, 5.41) is 0. The predicted octanol–water partition coefficient (Wildman–Crippen LogP) is 3.74. The van der Waals surface area contributed by atoms with Crippen molar-refractivity contribution in [1.29, 1.82) is 0 Å². The van der Waals surface area contributed by atoms with Crippen molar-refractivity contribution < 1.29 is 13.9 Å². The molecule has 1 aliphatic rings. The van der Waals surface area contributed by atoms with Crippen molar-refractivity contribution in [3.63, 3.8) is 0 Å². The van der Waals surface area contributed by atoms with E-state index in [2.05, 4.69) is 0 Å². The Morgan fingerprint density at radius 2 is 1.76 bits per heavy atom. The van der Waals surface area contributed by atoms with Gasteiger partial charge in [-0.15, -0.1) is 0 Å². The summed E-state index contributed by atoms with van der Waals surface area (Å²) in [5.41, 5.74) is -2.09. The molecule has 2 nitrogen and oxygen atoms in total. The van der Waals surface area contributed by atoms with Crippen LogP contribution < -0.4 is 0 Å². The third kappa shape index (κ3) is 2.34. The smallest absolute Gasteiger partial charge is 0.316 e. The summed E-state index contributed by atoms with van der Waals surface area (Å²) in [5.74, 6) is -0.0984. The zero-order valence-electron chi connectivity index (χ0n) is 12.1. The molecule has 1 aliphatic carbocycles. The summed E-state index contributed by atoms with van der Waals surface area (Å²) >= 11 is 0. The molecule has 0 aromatic rings. The van der Waals surface area contributed by atoms with Crippen LogP contribution in [0.3, 0.4) is 0 Å². The van der Waals surface area contributed by atoms with Crippen molar-refractivity contribution in [3.8, 4) is 0 Å². The maximum absolute atomic E-state index is 14.1. The molecule has 1 unspecified atom stereocenters. The van der Waals surface area contributed by atoms with Crippen LogP contribution in [0, 0.1) is 16.7 Å². The van der Waals surface area contributed by atoms with Gasteiger partial charge >= 0.3 is 5.97 Å². The van der Waals surface area contributed by atoms with E-state index in [0.717, 1.165) is 0 Å². The lowest BCUT2D eigenvalue weighted by molar-refractivity contribution is -0.164. The first-order chi connectivity index (χ1) is 7.45. The largest absolute Gasteiger partial charge is 0.459 e. The van der Waals surface area contributed by atoms with Gasteiger partial charge in [0.15, 0.2) is 0 Å². The van der Waals surface area contributed by atoms with E-state index in [1.165, 1.54) is 0 Å². The molecule has 0 N–H and O–H groups in total. The zero-order chi connectivity index (χ0) is 13.6. The van der Waals surface area contributed by atoms with Crippen LogP contribution in [0.25, 0.3) is 0 Å². The van der Waals surface area contributed by atoms with Crippen molar-refractivity contribution in [1.82, 2.24) is 0 Å². The lowest BCUT2D eigenvalue weighted by atomic mass is 9.87. The highest BCUT2D eigenvalue weighted by atomic mass is 19.1. The van der Waals surface area contributed by atoms with Gasteiger partial charge in [0.25, 0.3) is 0 Å². The topological polar surface area (TPSA) is 26.3 Å². The van der Waals surface area contributed by atoms with E-state index in [0.29, 0.717) is 6.42 Å². The summed E-state index contributed by atoms with van der Waals surface area (Å²) in [6.45, 7) is 13.1. The third-order valence-corrected chi connectivity index (χ3v) is 3.63. The lowest BCUT2D eigenvalue weighted by Gasteiger charge is -2.26. The number of esters is 1. The Balaban J connectivity index is 2.92. The minimum atomic E-state index is -1.09. The van der Waals surface area contributed by atoms with Gasteiger partial charge in [-0.05, 0) is 33.1 Å². The van der Waals surface area contributed by atoms with Gasteiger partial charge < -0.3 is 4.74 Å². The van der Waals surface area contributed by atoms with Gasteiger partial charge in [0.05, 0.1) is 0 Å². The molecule has 0 saturated heterocycles. The molecular formula is C14H25FO2. The van der Waals surface area contributed by atoms with Crippen LogP contribution in [0.2, 0.25) is 0 Å². The highest BCUT2D eigenvalue weighted by Gasteiger charge is 2.77. The van der Waals surface area contributed by atoms with Gasteiger partial charge in [0.2, 0.25) is 0 Å². The first-order valence-corrected chi connectivity index (χ1v) is 6.32. The normalized spacial score (nSPS) is 31.5. The predicted molar refractivity (Wildman–Crippen MR) is 66.4 cm³/mol. The van der Waals surface area contributed by atoms with Gasteiger partial charge in [-0.1, -0.05) is 27.7 Å². The van der Waals surface area contributed by atoms with Crippen LogP contribution in [0.1, 0.15) is 54.9 Å². The number of carbonyl (C=O) groups excluding carboxylic acids is 1. The molecule has 1 fully saturated rings. The lowest BCUT2D eigenvalue weighted by Crippen LogP contribution is -2.33. The van der Waals surface area contributed by atoms with E-state index in [1.807, 2.05) is 48.5 Å². The van der Waals surface area contributed by atoms with Crippen LogP contribution in [0.4, 0.5) is 4.39 Å². The van der Waals surface area contributed by atoms with Crippen LogP contribution in [-0.2, 0) is 9.53 Å². The second kappa shape index (κ2) is 3.96. The molecule has 0 aromatic heterocycles. The van der Waals surface area contributed by atoms with Crippen molar-refractivity contribution in [2.75, 3.05) is 0 Å². The van der Waals surface area contributed by atoms with E-state index in [9.17, 15) is 9.18 Å². The standard InChI is InChI=1S/C14H25FO2/c1-9(2)8-14(10(15)13(14,6)7)11(16)17-12(3,4)5/h9-10H,8H2,1-7H3/t10-,14?/m1/s1. The fraction of sp³-hybridized carbons (Fsp3) is 0.929. The summed E-state index contributed by atoms with van der Waals surface area (Å²) in [6, 6.07) is 0. The van der Waals surface area contributed by atoms with E-state index in [-0.39, 0.29) is 11.9 Å². The van der Waals surface area contributed by atoms with Crippen LogP contribution in [0.5, 0.6) is 0 Å². The Hall–Kier alpha value is -0.600. The number of ether oxygens (including phenoxy) is 1. The maximum Gasteiger partial charge on any atom is 0.316 e. The molecule has 0 radical (unpaired) electrons. The molecule has 1 rings (SSSR count). The Morgan fingerprint density at radius 1 is 1.35 bits per heavy atom. The zero-order valence-corrected chi connectivity index (χ0v) is 12.1. The minimum absolute atomic E-state index is 0.280. The quantitative estimate of drug-likeness (QED) is 0.707. The summed E-state index contributed by atoms with van der Waals surface area (Å²) in [7, 11) is 0. The van der Waals surface area contributed by atoms with E-state index >= 15 is 0 Å². The van der Waals surface area contributed by atoms with Crippen molar-refractivity contribution in [3.05, 3.63) is 0 Å². The molecule has 3 heteroatoms. The number of hydrogen-bond acceptors (Lipinski definition) is 2. The Bertz CT molecular complexity index is 315. The molecule has 0 heterocycles. The molecule has 1 saturated carbocycles. The Kier molecular flexibility index (Phi) is 3.37. The van der Waals surface area contributed by atoms with Crippen LogP contribution >= 0.6 is 0 Å². The van der Waals surface area contributed by atoms with E-state index < -0.39 is 22.6 Å². The molecule has 17 heavy (non-hydrogen) atoms. The van der Waals surface area contributed by atoms with Crippen molar-refractivity contribution in [2.45, 2.75) is 66.7 Å².